The molecule has 0 saturated carbocycles. The Morgan fingerprint density at radius 3 is 2.70 bits per heavy atom. The van der Waals surface area contributed by atoms with Gasteiger partial charge in [0.1, 0.15) is 5.82 Å². The van der Waals surface area contributed by atoms with Gasteiger partial charge < -0.3 is 16.0 Å². The van der Waals surface area contributed by atoms with E-state index in [1.54, 1.807) is 18.3 Å². The number of piperazine rings is 1. The minimum atomic E-state index is -0.0682. The Bertz CT molecular complexity index is 467. The lowest BCUT2D eigenvalue weighted by atomic mass is 10.2. The van der Waals surface area contributed by atoms with E-state index in [0.717, 1.165) is 32.7 Å². The number of carbonyl (C=O) groups is 1. The van der Waals surface area contributed by atoms with Crippen LogP contribution in [-0.2, 0) is 0 Å². The van der Waals surface area contributed by atoms with Crippen LogP contribution in [0.15, 0.2) is 18.3 Å². The number of aromatic nitrogens is 1. The van der Waals surface area contributed by atoms with Crippen LogP contribution in [0, 0.1) is 0 Å². The molecule has 132 valence electrons. The Hall–Kier alpha value is -1.08. The summed E-state index contributed by atoms with van der Waals surface area (Å²) in [5, 5.41) is 9.50. The van der Waals surface area contributed by atoms with E-state index in [4.69, 9.17) is 0 Å². The molecule has 1 aromatic rings. The molecule has 1 saturated heterocycles. The minimum absolute atomic E-state index is 0. The van der Waals surface area contributed by atoms with Crippen molar-refractivity contribution in [3.8, 4) is 0 Å². The second-order valence-corrected chi connectivity index (χ2v) is 5.55. The second-order valence-electron chi connectivity index (χ2n) is 5.55. The summed E-state index contributed by atoms with van der Waals surface area (Å²) in [5.41, 5.74) is 0.603. The van der Waals surface area contributed by atoms with E-state index in [0.29, 0.717) is 17.9 Å². The van der Waals surface area contributed by atoms with Crippen molar-refractivity contribution in [1.29, 1.82) is 0 Å². The number of nitrogens with zero attached hydrogens (tertiary/aromatic N) is 2. The standard InChI is InChI=1S/C15H25N5O.2ClH/c1-12(2)19-14-13(4-3-5-17-14)15(21)18-8-11-20-9-6-16-7-10-20;;/h3-5,12,16H,6-11H2,1-2H3,(H,17,19)(H,18,21);2*1H. The monoisotopic (exact) mass is 363 g/mol. The quantitative estimate of drug-likeness (QED) is 0.712. The highest BCUT2D eigenvalue weighted by molar-refractivity contribution is 5.98. The Balaban J connectivity index is 0.00000242. The maximum absolute atomic E-state index is 12.3. The van der Waals surface area contributed by atoms with Crippen LogP contribution in [0.25, 0.3) is 0 Å². The molecule has 0 spiro atoms. The number of carbonyl (C=O) groups excluding carboxylic acids is 1. The third-order valence-electron chi connectivity index (χ3n) is 3.40. The van der Waals surface area contributed by atoms with Gasteiger partial charge in [-0.15, -0.1) is 24.8 Å². The summed E-state index contributed by atoms with van der Waals surface area (Å²) in [7, 11) is 0. The normalized spacial score (nSPS) is 14.6. The van der Waals surface area contributed by atoms with Gasteiger partial charge in [-0.1, -0.05) is 0 Å². The summed E-state index contributed by atoms with van der Waals surface area (Å²) in [5.74, 6) is 0.577. The van der Waals surface area contributed by atoms with E-state index in [9.17, 15) is 4.79 Å². The number of halogens is 2. The number of anilines is 1. The van der Waals surface area contributed by atoms with Crippen LogP contribution in [-0.4, -0.2) is 61.1 Å². The molecule has 0 atom stereocenters. The Kier molecular flexibility index (Phi) is 10.9. The summed E-state index contributed by atoms with van der Waals surface area (Å²) in [6.45, 7) is 9.75. The lowest BCUT2D eigenvalue weighted by Gasteiger charge is -2.27. The molecule has 0 aliphatic carbocycles. The van der Waals surface area contributed by atoms with Gasteiger partial charge in [0, 0.05) is 51.5 Å². The highest BCUT2D eigenvalue weighted by Crippen LogP contribution is 2.12. The first-order valence-corrected chi connectivity index (χ1v) is 7.59. The van der Waals surface area contributed by atoms with E-state index in [1.165, 1.54) is 0 Å². The molecule has 2 rings (SSSR count). The first kappa shape index (κ1) is 21.9. The fourth-order valence-electron chi connectivity index (χ4n) is 2.33. The molecular weight excluding hydrogens is 337 g/mol. The van der Waals surface area contributed by atoms with Crippen LogP contribution < -0.4 is 16.0 Å². The van der Waals surface area contributed by atoms with Crippen LogP contribution in [0.4, 0.5) is 5.82 Å². The predicted octanol–water partition coefficient (Wildman–Crippen LogP) is 1.38. The van der Waals surface area contributed by atoms with E-state index >= 15 is 0 Å². The van der Waals surface area contributed by atoms with Crippen molar-refractivity contribution < 1.29 is 4.79 Å². The van der Waals surface area contributed by atoms with Gasteiger partial charge in [-0.3, -0.25) is 9.69 Å². The van der Waals surface area contributed by atoms with Gasteiger partial charge in [-0.2, -0.15) is 0 Å². The van der Waals surface area contributed by atoms with E-state index in [1.807, 2.05) is 13.8 Å². The molecule has 0 aromatic carbocycles. The smallest absolute Gasteiger partial charge is 0.255 e. The fraction of sp³-hybridized carbons (Fsp3) is 0.600. The molecule has 1 aliphatic rings. The van der Waals surface area contributed by atoms with Crippen LogP contribution in [0.1, 0.15) is 24.2 Å². The second kappa shape index (κ2) is 11.5. The molecule has 0 unspecified atom stereocenters. The van der Waals surface area contributed by atoms with Crippen molar-refractivity contribution in [2.45, 2.75) is 19.9 Å². The molecule has 0 bridgehead atoms. The number of pyridine rings is 1. The van der Waals surface area contributed by atoms with Gasteiger partial charge in [0.25, 0.3) is 5.91 Å². The number of hydrogen-bond donors (Lipinski definition) is 3. The summed E-state index contributed by atoms with van der Waals surface area (Å²) in [4.78, 5) is 18.9. The Labute approximate surface area is 150 Å². The molecule has 1 aliphatic heterocycles. The van der Waals surface area contributed by atoms with Crippen molar-refractivity contribution in [1.82, 2.24) is 20.5 Å². The van der Waals surface area contributed by atoms with Crippen molar-refractivity contribution in [3.63, 3.8) is 0 Å². The van der Waals surface area contributed by atoms with E-state index < -0.39 is 0 Å². The third kappa shape index (κ3) is 7.35. The van der Waals surface area contributed by atoms with Crippen molar-refractivity contribution in [3.05, 3.63) is 23.9 Å². The minimum Gasteiger partial charge on any atom is -0.367 e. The summed E-state index contributed by atoms with van der Waals surface area (Å²) < 4.78 is 0. The van der Waals surface area contributed by atoms with Gasteiger partial charge in [0.05, 0.1) is 5.56 Å². The lowest BCUT2D eigenvalue weighted by Crippen LogP contribution is -2.46. The molecule has 23 heavy (non-hydrogen) atoms. The van der Waals surface area contributed by atoms with E-state index in [-0.39, 0.29) is 36.8 Å². The molecule has 1 amide bonds. The number of amides is 1. The maximum Gasteiger partial charge on any atom is 0.255 e. The van der Waals surface area contributed by atoms with Crippen molar-refractivity contribution >= 4 is 36.5 Å². The average Bonchev–Trinajstić information content (AvgIpc) is 2.48. The molecule has 0 radical (unpaired) electrons. The zero-order chi connectivity index (χ0) is 15.1. The number of nitrogens with one attached hydrogen (secondary N) is 3. The summed E-state index contributed by atoms with van der Waals surface area (Å²) >= 11 is 0. The van der Waals surface area contributed by atoms with Crippen LogP contribution >= 0.6 is 24.8 Å². The van der Waals surface area contributed by atoms with Gasteiger partial charge in [-0.25, -0.2) is 4.98 Å². The molecular formula is C15H27Cl2N5O. The molecule has 2 heterocycles. The maximum atomic E-state index is 12.3. The van der Waals surface area contributed by atoms with Crippen LogP contribution in [0.2, 0.25) is 0 Å². The first-order chi connectivity index (χ1) is 10.2. The molecule has 6 nitrogen and oxygen atoms in total. The Morgan fingerprint density at radius 1 is 1.35 bits per heavy atom. The lowest BCUT2D eigenvalue weighted by molar-refractivity contribution is 0.0948. The van der Waals surface area contributed by atoms with Crippen molar-refractivity contribution in [2.24, 2.45) is 0 Å². The Morgan fingerprint density at radius 2 is 2.04 bits per heavy atom. The highest BCUT2D eigenvalue weighted by atomic mass is 35.5. The molecule has 3 N–H and O–H groups in total. The highest BCUT2D eigenvalue weighted by Gasteiger charge is 2.13. The zero-order valence-corrected chi connectivity index (χ0v) is 15.3. The third-order valence-corrected chi connectivity index (χ3v) is 3.40. The van der Waals surface area contributed by atoms with Gasteiger partial charge in [0.15, 0.2) is 0 Å². The van der Waals surface area contributed by atoms with Gasteiger partial charge >= 0.3 is 0 Å². The molecule has 1 aromatic heterocycles. The van der Waals surface area contributed by atoms with E-state index in [2.05, 4.69) is 25.8 Å². The SMILES string of the molecule is CC(C)Nc1ncccc1C(=O)NCCN1CCNCC1.Cl.Cl. The number of hydrogen-bond acceptors (Lipinski definition) is 5. The van der Waals surface area contributed by atoms with Gasteiger partial charge in [0.2, 0.25) is 0 Å². The summed E-state index contributed by atoms with van der Waals surface area (Å²) in [6, 6.07) is 3.83. The molecule has 8 heteroatoms. The average molecular weight is 364 g/mol. The van der Waals surface area contributed by atoms with Crippen LogP contribution in [0.3, 0.4) is 0 Å². The fourth-order valence-corrected chi connectivity index (χ4v) is 2.33. The van der Waals surface area contributed by atoms with Crippen molar-refractivity contribution in [2.75, 3.05) is 44.6 Å². The summed E-state index contributed by atoms with van der Waals surface area (Å²) in [6.07, 6.45) is 1.70. The van der Waals surface area contributed by atoms with Crippen LogP contribution in [0.5, 0.6) is 0 Å². The molecule has 1 fully saturated rings. The predicted molar refractivity (Wildman–Crippen MR) is 99.1 cm³/mol. The number of rotatable bonds is 6. The first-order valence-electron chi connectivity index (χ1n) is 7.59. The zero-order valence-electron chi connectivity index (χ0n) is 13.7. The largest absolute Gasteiger partial charge is 0.367 e. The topological polar surface area (TPSA) is 69.3 Å². The van der Waals surface area contributed by atoms with Gasteiger partial charge in [-0.05, 0) is 26.0 Å².